The minimum absolute atomic E-state index is 0.578. The number of rotatable bonds is 12. The maximum Gasteiger partial charge on any atom is 0.238 e. The molecular weight excluding hydrogens is 1730 g/mol. The van der Waals surface area contributed by atoms with Crippen LogP contribution in [0.4, 0.5) is 0 Å². The Kier molecular flexibility index (Phi) is 19.1. The first-order chi connectivity index (χ1) is 68.9. The first kappa shape index (κ1) is 79.9. The normalized spacial score (nSPS) is 11.7. The molecule has 0 aliphatic rings. The Morgan fingerprint density at radius 3 is 0.964 bits per heavy atom. The predicted octanol–water partition coefficient (Wildman–Crippen LogP) is 32.0. The molecule has 0 saturated carbocycles. The van der Waals surface area contributed by atoms with Gasteiger partial charge in [0.1, 0.15) is 33.5 Å². The van der Waals surface area contributed by atoms with Crippen molar-refractivity contribution in [1.29, 1.82) is 0 Å². The van der Waals surface area contributed by atoms with E-state index in [9.17, 15) is 0 Å². The van der Waals surface area contributed by atoms with Gasteiger partial charge in [-0.1, -0.05) is 334 Å². The van der Waals surface area contributed by atoms with Crippen LogP contribution in [0, 0.1) is 0 Å². The molecule has 0 saturated heterocycles. The molecule has 19 aromatic carbocycles. The molecule has 0 unspecified atom stereocenters. The molecule has 29 rings (SSSR count). The van der Waals surface area contributed by atoms with Crippen molar-refractivity contribution in [2.45, 2.75) is 0 Å². The Morgan fingerprint density at radius 1 is 0.173 bits per heavy atom. The van der Waals surface area contributed by atoms with Crippen LogP contribution in [-0.2, 0) is 0 Å². The molecule has 29 aromatic rings. The Morgan fingerprint density at radius 2 is 0.496 bits per heavy atom. The van der Waals surface area contributed by atoms with Gasteiger partial charge in [0.25, 0.3) is 0 Å². The van der Waals surface area contributed by atoms with Gasteiger partial charge in [-0.15, -0.1) is 11.3 Å². The minimum Gasteiger partial charge on any atom is -0.456 e. The summed E-state index contributed by atoms with van der Waals surface area (Å²) in [6.45, 7) is 0. The van der Waals surface area contributed by atoms with Crippen LogP contribution in [-0.4, -0.2) is 58.6 Å². The van der Waals surface area contributed by atoms with Gasteiger partial charge in [0.05, 0.1) is 43.9 Å². The molecule has 0 aliphatic carbocycles. The maximum atomic E-state index is 6.31. The quantitative estimate of drug-likeness (QED) is 0.114. The van der Waals surface area contributed by atoms with Crippen molar-refractivity contribution >= 4 is 163 Å². The van der Waals surface area contributed by atoms with Crippen molar-refractivity contribution in [2.75, 3.05) is 0 Å². The Balaban J connectivity index is 0.000000105. The van der Waals surface area contributed by atoms with E-state index in [4.69, 9.17) is 58.1 Å². The van der Waals surface area contributed by atoms with Gasteiger partial charge in [-0.05, 0) is 126 Å². The number of aromatic nitrogens is 12. The van der Waals surface area contributed by atoms with Crippen molar-refractivity contribution in [3.63, 3.8) is 0 Å². The van der Waals surface area contributed by atoms with E-state index < -0.39 is 0 Å². The summed E-state index contributed by atoms with van der Waals surface area (Å²) in [6, 6.07) is 154. The summed E-state index contributed by atoms with van der Waals surface area (Å²) < 4.78 is 28.3. The summed E-state index contributed by atoms with van der Waals surface area (Å²) >= 11 is 1.82. The van der Waals surface area contributed by atoms with Crippen LogP contribution in [0.2, 0.25) is 0 Å². The standard InChI is InChI=1S/C45H26N4OS.2C39H24N4O/c1-3-12-27(13-4-1)43-46-44(28-14-5-2-6-15-28)48-45(47-43)49-35-26-29(30-18-11-20-37-40(30)33-16-7-9-19-36(33)50-37)22-23-31(35)32-24-25-39-41(42(32)49)34-17-8-10-21-38(34)51-39;1-3-12-25(13-4-1)37-40-38(26-14-5-2-6-15-26)42-39(41-37)27-16-11-17-28(24-27)43-32-20-9-7-18-29(32)30-22-23-34-35(36(30)43)31-19-8-10-21-33(31)44-34;1-3-11-25(12-4-1)37-40-38(26-13-5-2-6-14-26)42-39(41-37)27-19-21-28(22-20-27)43-32-17-9-7-15-29(32)30-23-24-34-35(36(30)43)31-16-8-10-18-33(31)44-34/h1-26H;2*1-24H. The van der Waals surface area contributed by atoms with E-state index in [0.717, 1.165) is 177 Å². The van der Waals surface area contributed by atoms with E-state index in [1.54, 1.807) is 0 Å². The second-order valence-electron chi connectivity index (χ2n) is 34.5. The number of thiophene rings is 1. The van der Waals surface area contributed by atoms with E-state index >= 15 is 0 Å². The van der Waals surface area contributed by atoms with Crippen molar-refractivity contribution in [3.05, 3.63) is 449 Å². The largest absolute Gasteiger partial charge is 0.456 e. The first-order valence-corrected chi connectivity index (χ1v) is 47.0. The zero-order chi connectivity index (χ0) is 91.5. The second-order valence-corrected chi connectivity index (χ2v) is 35.6. The van der Waals surface area contributed by atoms with Gasteiger partial charge in [-0.25, -0.2) is 34.9 Å². The van der Waals surface area contributed by atoms with Crippen LogP contribution < -0.4 is 0 Å². The number of fused-ring (bicyclic) bond motifs is 24. The van der Waals surface area contributed by atoms with E-state index in [-0.39, 0.29) is 0 Å². The van der Waals surface area contributed by atoms with Gasteiger partial charge < -0.3 is 22.4 Å². The number of benzene rings is 19. The lowest BCUT2D eigenvalue weighted by atomic mass is 9.98. The van der Waals surface area contributed by atoms with Gasteiger partial charge in [0, 0.05) is 130 Å². The Bertz CT molecular complexity index is 9730. The molecule has 0 amide bonds. The highest BCUT2D eigenvalue weighted by Crippen LogP contribution is 2.49. The molecule has 15 nitrogen and oxygen atoms in total. The van der Waals surface area contributed by atoms with Gasteiger partial charge in [-0.3, -0.25) is 4.57 Å². The molecule has 10 heterocycles. The van der Waals surface area contributed by atoms with Crippen LogP contribution in [0.15, 0.2) is 462 Å². The number of hydrogen-bond acceptors (Lipinski definition) is 13. The number of hydrogen-bond donors (Lipinski definition) is 0. The van der Waals surface area contributed by atoms with Crippen LogP contribution in [0.3, 0.4) is 0 Å². The SMILES string of the molecule is c1ccc(-c2nc(-c3ccccc3)nc(-c3ccc(-n4c5ccccc5c5ccc6oc7ccccc7c6c54)cc3)n2)cc1.c1ccc(-c2nc(-c3ccccc3)nc(-c3cccc(-n4c5ccccc5c5ccc6oc7ccccc7c6c54)c3)n2)cc1.c1ccc(-c2nc(-c3ccccc3)nc(-n3c4cc(-c5cccc6oc7ccccc7c56)ccc4c4ccc5sc6ccccc6c5c43)n2)cc1. The topological polar surface area (TPSA) is 170 Å². The molecule has 0 radical (unpaired) electrons. The molecule has 0 bridgehead atoms. The lowest BCUT2D eigenvalue weighted by Crippen LogP contribution is -2.06. The Hall–Kier alpha value is -18.8. The molecule has 650 valence electrons. The zero-order valence-corrected chi connectivity index (χ0v) is 75.0. The van der Waals surface area contributed by atoms with Crippen LogP contribution in [0.25, 0.3) is 271 Å². The monoisotopic (exact) mass is 1800 g/mol. The molecule has 0 spiro atoms. The fraction of sp³-hybridized carbons (Fsp3) is 0. The lowest BCUT2D eigenvalue weighted by molar-refractivity contribution is 0.668. The lowest BCUT2D eigenvalue weighted by Gasteiger charge is -2.12. The number of nitrogens with zero attached hydrogens (tertiary/aromatic N) is 12. The summed E-state index contributed by atoms with van der Waals surface area (Å²) in [6.07, 6.45) is 0. The first-order valence-electron chi connectivity index (χ1n) is 46.2. The maximum absolute atomic E-state index is 6.31. The van der Waals surface area contributed by atoms with Crippen LogP contribution >= 0.6 is 11.3 Å². The average molecular weight is 1800 g/mol. The average Bonchev–Trinajstić information content (AvgIpc) is 1.55. The number of para-hydroxylation sites is 5. The predicted molar refractivity (Wildman–Crippen MR) is 566 cm³/mol. The fourth-order valence-electron chi connectivity index (χ4n) is 20.1. The van der Waals surface area contributed by atoms with E-state index in [1.165, 1.54) is 41.7 Å². The molecule has 0 N–H and O–H groups in total. The van der Waals surface area contributed by atoms with Gasteiger partial charge in [-0.2, -0.15) is 9.97 Å². The number of furan rings is 3. The third-order valence-corrected chi connectivity index (χ3v) is 27.5. The Labute approximate surface area is 797 Å². The summed E-state index contributed by atoms with van der Waals surface area (Å²) in [5.41, 5.74) is 23.7. The van der Waals surface area contributed by atoms with E-state index in [1.807, 2.05) is 212 Å². The summed E-state index contributed by atoms with van der Waals surface area (Å²) in [7, 11) is 0. The highest BCUT2D eigenvalue weighted by molar-refractivity contribution is 7.26. The van der Waals surface area contributed by atoms with Crippen molar-refractivity contribution < 1.29 is 13.3 Å². The van der Waals surface area contributed by atoms with Crippen molar-refractivity contribution in [3.8, 4) is 120 Å². The van der Waals surface area contributed by atoms with Crippen LogP contribution in [0.5, 0.6) is 0 Å². The third kappa shape index (κ3) is 13.7. The highest BCUT2D eigenvalue weighted by Gasteiger charge is 2.27. The van der Waals surface area contributed by atoms with Crippen LogP contribution in [0.1, 0.15) is 0 Å². The zero-order valence-electron chi connectivity index (χ0n) is 74.2. The molecule has 0 fully saturated rings. The molecular formula is C123H74N12O3S. The third-order valence-electron chi connectivity index (χ3n) is 26.4. The molecule has 0 atom stereocenters. The van der Waals surface area contributed by atoms with E-state index in [0.29, 0.717) is 52.5 Å². The summed E-state index contributed by atoms with van der Waals surface area (Å²) in [5, 5.41) is 16.2. The molecule has 0 aliphatic heterocycles. The smallest absolute Gasteiger partial charge is 0.238 e. The van der Waals surface area contributed by atoms with E-state index in [2.05, 4.69) is 262 Å². The van der Waals surface area contributed by atoms with Crippen molar-refractivity contribution in [1.82, 2.24) is 58.6 Å². The molecule has 16 heteroatoms. The fourth-order valence-corrected chi connectivity index (χ4v) is 21.2. The molecule has 10 aromatic heterocycles. The van der Waals surface area contributed by atoms with Gasteiger partial charge in [0.2, 0.25) is 5.95 Å². The minimum atomic E-state index is 0.578. The van der Waals surface area contributed by atoms with Crippen molar-refractivity contribution in [2.24, 2.45) is 0 Å². The molecule has 139 heavy (non-hydrogen) atoms. The van der Waals surface area contributed by atoms with Gasteiger partial charge >= 0.3 is 0 Å². The van der Waals surface area contributed by atoms with Gasteiger partial charge in [0.15, 0.2) is 46.6 Å². The summed E-state index contributed by atoms with van der Waals surface area (Å²) in [5.74, 6) is 5.67. The highest BCUT2D eigenvalue weighted by atomic mass is 32.1. The summed E-state index contributed by atoms with van der Waals surface area (Å²) in [4.78, 5) is 45.1. The second kappa shape index (κ2) is 33.1.